The number of amides is 1. The van der Waals surface area contributed by atoms with Gasteiger partial charge in [0.1, 0.15) is 0 Å². The van der Waals surface area contributed by atoms with Crippen molar-refractivity contribution in [1.29, 1.82) is 0 Å². The highest BCUT2D eigenvalue weighted by Crippen LogP contribution is 2.29. The van der Waals surface area contributed by atoms with Crippen LogP contribution in [0.25, 0.3) is 0 Å². The van der Waals surface area contributed by atoms with Crippen molar-refractivity contribution in [2.24, 2.45) is 0 Å². The summed E-state index contributed by atoms with van der Waals surface area (Å²) in [6.07, 6.45) is 0.776. The molecule has 0 aromatic heterocycles. The lowest BCUT2D eigenvalue weighted by molar-refractivity contribution is -0.385. The first kappa shape index (κ1) is 13.0. The molecular weight excluding hydrogens is 224 g/mol. The summed E-state index contributed by atoms with van der Waals surface area (Å²) in [6, 6.07) is 3.91. The minimum atomic E-state index is -0.716. The molecule has 6 nitrogen and oxygen atoms in total. The molecule has 1 aromatic carbocycles. The van der Waals surface area contributed by atoms with Gasteiger partial charge in [-0.2, -0.15) is 0 Å². The van der Waals surface area contributed by atoms with Crippen LogP contribution in [0.5, 0.6) is 5.75 Å². The fraction of sp³-hybridized carbons (Fsp3) is 0.364. The van der Waals surface area contributed by atoms with Gasteiger partial charge in [0.05, 0.1) is 10.5 Å². The second-order valence-electron chi connectivity index (χ2n) is 3.66. The Balaban J connectivity index is 3.10. The Morgan fingerprint density at radius 3 is 2.71 bits per heavy atom. The summed E-state index contributed by atoms with van der Waals surface area (Å²) >= 11 is 0. The van der Waals surface area contributed by atoms with Crippen molar-refractivity contribution in [2.45, 2.75) is 13.3 Å². The van der Waals surface area contributed by atoms with Gasteiger partial charge in [-0.05, 0) is 12.5 Å². The number of carbonyl (C=O) groups is 1. The molecule has 0 atom stereocenters. The number of rotatable bonds is 4. The van der Waals surface area contributed by atoms with E-state index in [2.05, 4.69) is 0 Å². The molecular formula is C11H14N2O4. The molecule has 1 aromatic rings. The molecule has 92 valence electrons. The van der Waals surface area contributed by atoms with Crippen LogP contribution in [0.4, 0.5) is 5.69 Å². The zero-order valence-corrected chi connectivity index (χ0v) is 9.71. The first-order valence-electron chi connectivity index (χ1n) is 5.20. The maximum Gasteiger partial charge on any atom is 0.311 e. The van der Waals surface area contributed by atoms with Gasteiger partial charge in [0.2, 0.25) is 5.75 Å². The molecule has 0 saturated heterocycles. The van der Waals surface area contributed by atoms with Gasteiger partial charge in [0.25, 0.3) is 5.91 Å². The molecule has 0 bridgehead atoms. The number of benzene rings is 1. The smallest absolute Gasteiger partial charge is 0.311 e. The van der Waals surface area contributed by atoms with Gasteiger partial charge in [-0.1, -0.05) is 13.0 Å². The van der Waals surface area contributed by atoms with E-state index < -0.39 is 22.3 Å². The van der Waals surface area contributed by atoms with Crippen LogP contribution in [-0.4, -0.2) is 34.4 Å². The maximum atomic E-state index is 11.9. The van der Waals surface area contributed by atoms with Crippen molar-refractivity contribution in [3.05, 3.63) is 33.9 Å². The number of nitro benzene ring substituents is 1. The lowest BCUT2D eigenvalue weighted by Crippen LogP contribution is -2.27. The quantitative estimate of drug-likeness (QED) is 0.640. The largest absolute Gasteiger partial charge is 0.502 e. The van der Waals surface area contributed by atoms with Crippen molar-refractivity contribution in [3.8, 4) is 5.75 Å². The van der Waals surface area contributed by atoms with Crippen molar-refractivity contribution in [3.63, 3.8) is 0 Å². The van der Waals surface area contributed by atoms with Crippen LogP contribution >= 0.6 is 0 Å². The van der Waals surface area contributed by atoms with Crippen LogP contribution in [0.1, 0.15) is 23.7 Å². The number of phenols is 1. The molecule has 0 aliphatic carbocycles. The predicted molar refractivity (Wildman–Crippen MR) is 62.0 cm³/mol. The van der Waals surface area contributed by atoms with Gasteiger partial charge in [0, 0.05) is 19.7 Å². The van der Waals surface area contributed by atoms with Crippen molar-refractivity contribution < 1.29 is 14.8 Å². The average Bonchev–Trinajstić information content (AvgIpc) is 2.28. The molecule has 1 N–H and O–H groups in total. The summed E-state index contributed by atoms with van der Waals surface area (Å²) in [5.41, 5.74) is -0.504. The van der Waals surface area contributed by atoms with Crippen molar-refractivity contribution >= 4 is 11.6 Å². The molecule has 1 amide bonds. The molecule has 0 saturated carbocycles. The maximum absolute atomic E-state index is 11.9. The van der Waals surface area contributed by atoms with Gasteiger partial charge in [0.15, 0.2) is 0 Å². The van der Waals surface area contributed by atoms with E-state index in [1.165, 1.54) is 17.0 Å². The molecule has 1 rings (SSSR count). The number of nitro groups is 1. The van der Waals surface area contributed by atoms with E-state index in [-0.39, 0.29) is 5.56 Å². The Bertz CT molecular complexity index is 445. The normalized spacial score (nSPS) is 10.0. The predicted octanol–water partition coefficient (Wildman–Crippen LogP) is 1.78. The average molecular weight is 238 g/mol. The first-order chi connectivity index (χ1) is 7.99. The van der Waals surface area contributed by atoms with E-state index in [0.717, 1.165) is 12.5 Å². The molecule has 6 heteroatoms. The van der Waals surface area contributed by atoms with E-state index >= 15 is 0 Å². The molecule has 17 heavy (non-hydrogen) atoms. The van der Waals surface area contributed by atoms with E-state index in [0.29, 0.717) is 6.54 Å². The molecule has 0 unspecified atom stereocenters. The van der Waals surface area contributed by atoms with Crippen LogP contribution in [0.15, 0.2) is 18.2 Å². The van der Waals surface area contributed by atoms with Gasteiger partial charge in [-0.25, -0.2) is 0 Å². The SMILES string of the molecule is CCCN(C)C(=O)c1cccc([N+](=O)[O-])c1O. The first-order valence-corrected chi connectivity index (χ1v) is 5.20. The Morgan fingerprint density at radius 2 is 2.18 bits per heavy atom. The highest BCUT2D eigenvalue weighted by atomic mass is 16.6. The second kappa shape index (κ2) is 5.29. The molecule has 0 aliphatic rings. The molecule has 0 aliphatic heterocycles. The molecule has 0 heterocycles. The zero-order valence-electron chi connectivity index (χ0n) is 9.71. The number of hydrogen-bond acceptors (Lipinski definition) is 4. The van der Waals surface area contributed by atoms with Crippen LogP contribution in [0.3, 0.4) is 0 Å². The Kier molecular flexibility index (Phi) is 4.03. The standard InChI is InChI=1S/C11H14N2O4/c1-3-7-12(2)11(15)8-5-4-6-9(10(8)14)13(16)17/h4-6,14H,3,7H2,1-2H3. The van der Waals surface area contributed by atoms with E-state index in [9.17, 15) is 20.0 Å². The fourth-order valence-corrected chi connectivity index (χ4v) is 1.49. The number of carbonyl (C=O) groups excluding carboxylic acids is 1. The highest BCUT2D eigenvalue weighted by molar-refractivity contribution is 5.97. The summed E-state index contributed by atoms with van der Waals surface area (Å²) in [7, 11) is 1.59. The van der Waals surface area contributed by atoms with Crippen LogP contribution in [-0.2, 0) is 0 Å². The lowest BCUT2D eigenvalue weighted by atomic mass is 10.1. The number of para-hydroxylation sites is 1. The lowest BCUT2D eigenvalue weighted by Gasteiger charge is -2.16. The van der Waals surface area contributed by atoms with Crippen LogP contribution < -0.4 is 0 Å². The van der Waals surface area contributed by atoms with Crippen LogP contribution in [0, 0.1) is 10.1 Å². The summed E-state index contributed by atoms with van der Waals surface area (Å²) in [6.45, 7) is 2.44. The Morgan fingerprint density at radius 1 is 1.53 bits per heavy atom. The molecule has 0 radical (unpaired) electrons. The fourth-order valence-electron chi connectivity index (χ4n) is 1.49. The van der Waals surface area contributed by atoms with Gasteiger partial charge in [-0.15, -0.1) is 0 Å². The third kappa shape index (κ3) is 2.72. The molecule has 0 fully saturated rings. The Hall–Kier alpha value is -2.11. The van der Waals surface area contributed by atoms with Crippen molar-refractivity contribution in [2.75, 3.05) is 13.6 Å². The van der Waals surface area contributed by atoms with E-state index in [4.69, 9.17) is 0 Å². The number of aromatic hydroxyl groups is 1. The summed E-state index contributed by atoms with van der Waals surface area (Å²) < 4.78 is 0. The van der Waals surface area contributed by atoms with Crippen molar-refractivity contribution in [1.82, 2.24) is 4.90 Å². The minimum absolute atomic E-state index is 0.0462. The van der Waals surface area contributed by atoms with Gasteiger partial charge < -0.3 is 10.0 Å². The minimum Gasteiger partial charge on any atom is -0.502 e. The third-order valence-corrected chi connectivity index (χ3v) is 2.35. The summed E-state index contributed by atoms with van der Waals surface area (Å²) in [5.74, 6) is -1.00. The Labute approximate surface area is 98.6 Å². The second-order valence-corrected chi connectivity index (χ2v) is 3.66. The third-order valence-electron chi connectivity index (χ3n) is 2.35. The highest BCUT2D eigenvalue weighted by Gasteiger charge is 2.22. The van der Waals surface area contributed by atoms with Gasteiger partial charge in [-0.3, -0.25) is 14.9 Å². The number of nitrogens with zero attached hydrogens (tertiary/aromatic N) is 2. The van der Waals surface area contributed by atoms with E-state index in [1.807, 2.05) is 6.92 Å². The number of hydrogen-bond donors (Lipinski definition) is 1. The monoisotopic (exact) mass is 238 g/mol. The summed E-state index contributed by atoms with van der Waals surface area (Å²) in [4.78, 5) is 23.2. The van der Waals surface area contributed by atoms with E-state index in [1.54, 1.807) is 7.05 Å². The van der Waals surface area contributed by atoms with Gasteiger partial charge >= 0.3 is 5.69 Å². The summed E-state index contributed by atoms with van der Waals surface area (Å²) in [5, 5.41) is 20.3. The zero-order chi connectivity index (χ0) is 13.0. The molecule has 0 spiro atoms. The topological polar surface area (TPSA) is 83.7 Å². The number of phenolic OH excluding ortho intramolecular Hbond substituents is 1. The van der Waals surface area contributed by atoms with Crippen LogP contribution in [0.2, 0.25) is 0 Å².